The van der Waals surface area contributed by atoms with Crippen LogP contribution in [-0.2, 0) is 24.2 Å². The number of nitrogens with zero attached hydrogens (tertiary/aromatic N) is 1. The number of rotatable bonds is 6. The van der Waals surface area contributed by atoms with E-state index in [1.807, 2.05) is 6.92 Å². The second kappa shape index (κ2) is 7.29. The Hall–Kier alpha value is -2.43. The van der Waals surface area contributed by atoms with E-state index in [2.05, 4.69) is 9.88 Å². The molecular formula is C22H25FN2O2. The molecule has 0 atom stereocenters. The summed E-state index contributed by atoms with van der Waals surface area (Å²) in [6.07, 6.45) is 4.87. The Morgan fingerprint density at radius 3 is 2.67 bits per heavy atom. The minimum Gasteiger partial charge on any atom is -0.356 e. The molecule has 1 aromatic carbocycles. The smallest absolute Gasteiger partial charge is 0.224 e. The monoisotopic (exact) mass is 368 g/mol. The number of hydrogen-bond donors (Lipinski definition) is 1. The van der Waals surface area contributed by atoms with Crippen molar-refractivity contribution in [3.63, 3.8) is 0 Å². The minimum absolute atomic E-state index is 0.00916. The lowest BCUT2D eigenvalue weighted by Gasteiger charge is -2.16. The first-order valence-corrected chi connectivity index (χ1v) is 9.78. The van der Waals surface area contributed by atoms with Crippen molar-refractivity contribution in [2.75, 3.05) is 6.54 Å². The number of aromatic nitrogens is 1. The van der Waals surface area contributed by atoms with E-state index in [1.165, 1.54) is 25.0 Å². The molecule has 0 saturated heterocycles. The molecule has 2 aliphatic carbocycles. The Labute approximate surface area is 158 Å². The molecule has 2 aromatic rings. The number of fused-ring (bicyclic) bond motifs is 1. The van der Waals surface area contributed by atoms with Gasteiger partial charge in [0.05, 0.1) is 6.42 Å². The maximum absolute atomic E-state index is 13.2. The molecule has 1 amide bonds. The first-order chi connectivity index (χ1) is 13.0. The zero-order valence-electron chi connectivity index (χ0n) is 15.7. The number of carbonyl (C=O) groups excluding carboxylic acids is 2. The molecule has 27 heavy (non-hydrogen) atoms. The third-order valence-corrected chi connectivity index (χ3v) is 5.73. The molecule has 0 spiro atoms. The van der Waals surface area contributed by atoms with Gasteiger partial charge in [0.2, 0.25) is 5.91 Å². The lowest BCUT2D eigenvalue weighted by atomic mass is 9.92. The van der Waals surface area contributed by atoms with E-state index in [-0.39, 0.29) is 23.9 Å². The summed E-state index contributed by atoms with van der Waals surface area (Å²) < 4.78 is 15.4. The molecule has 1 aromatic heterocycles. The van der Waals surface area contributed by atoms with Crippen LogP contribution in [0.5, 0.6) is 0 Å². The van der Waals surface area contributed by atoms with E-state index in [9.17, 15) is 14.0 Å². The lowest BCUT2D eigenvalue weighted by Crippen LogP contribution is -2.28. The first-order valence-electron chi connectivity index (χ1n) is 9.78. The number of amides is 1. The van der Waals surface area contributed by atoms with Gasteiger partial charge >= 0.3 is 0 Å². The van der Waals surface area contributed by atoms with Gasteiger partial charge in [-0.3, -0.25) is 9.59 Å². The van der Waals surface area contributed by atoms with Crippen molar-refractivity contribution in [2.45, 2.75) is 52.0 Å². The van der Waals surface area contributed by atoms with E-state index >= 15 is 0 Å². The summed E-state index contributed by atoms with van der Waals surface area (Å²) >= 11 is 0. The third-order valence-electron chi connectivity index (χ3n) is 5.73. The minimum atomic E-state index is -0.256. The fourth-order valence-electron chi connectivity index (χ4n) is 3.99. The van der Waals surface area contributed by atoms with Crippen LogP contribution in [0.15, 0.2) is 24.3 Å². The van der Waals surface area contributed by atoms with Crippen molar-refractivity contribution in [2.24, 2.45) is 5.92 Å². The maximum Gasteiger partial charge on any atom is 0.224 e. The van der Waals surface area contributed by atoms with Crippen molar-refractivity contribution in [1.82, 2.24) is 9.88 Å². The van der Waals surface area contributed by atoms with Crippen LogP contribution in [0.1, 0.15) is 58.6 Å². The molecule has 0 radical (unpaired) electrons. The van der Waals surface area contributed by atoms with Gasteiger partial charge in [0.1, 0.15) is 5.82 Å². The molecule has 4 nitrogen and oxygen atoms in total. The van der Waals surface area contributed by atoms with E-state index in [1.54, 1.807) is 12.1 Å². The van der Waals surface area contributed by atoms with Crippen LogP contribution in [0.4, 0.5) is 4.39 Å². The summed E-state index contributed by atoms with van der Waals surface area (Å²) in [5.74, 6) is 0.509. The summed E-state index contributed by atoms with van der Waals surface area (Å²) in [4.78, 5) is 25.1. The molecule has 4 rings (SSSR count). The van der Waals surface area contributed by atoms with Crippen LogP contribution in [-0.4, -0.2) is 22.8 Å². The van der Waals surface area contributed by atoms with Gasteiger partial charge in [0.25, 0.3) is 0 Å². The number of benzene rings is 1. The van der Waals surface area contributed by atoms with Crippen molar-refractivity contribution in [1.29, 1.82) is 0 Å². The average Bonchev–Trinajstić information content (AvgIpc) is 3.44. The van der Waals surface area contributed by atoms with Crippen LogP contribution in [0.3, 0.4) is 0 Å². The van der Waals surface area contributed by atoms with Crippen LogP contribution < -0.4 is 5.32 Å². The predicted octanol–water partition coefficient (Wildman–Crippen LogP) is 3.57. The summed E-state index contributed by atoms with van der Waals surface area (Å²) in [6, 6.07) is 6.46. The molecule has 1 N–H and O–H groups in total. The molecule has 1 fully saturated rings. The van der Waals surface area contributed by atoms with E-state index in [0.29, 0.717) is 18.9 Å². The second-order valence-electron chi connectivity index (χ2n) is 7.80. The third kappa shape index (κ3) is 3.82. The highest BCUT2D eigenvalue weighted by Crippen LogP contribution is 2.31. The Morgan fingerprint density at radius 2 is 1.96 bits per heavy atom. The summed E-state index contributed by atoms with van der Waals surface area (Å²) in [5, 5.41) is 3.01. The first kappa shape index (κ1) is 18.0. The summed E-state index contributed by atoms with van der Waals surface area (Å²) in [5.41, 5.74) is 4.60. The fraction of sp³-hybridized carbons (Fsp3) is 0.455. The maximum atomic E-state index is 13.2. The zero-order chi connectivity index (χ0) is 19.0. The number of Topliss-reactive ketones (excluding diaryl/α,β-unsaturated/α-hetero) is 1. The molecule has 142 valence electrons. The van der Waals surface area contributed by atoms with E-state index in [0.717, 1.165) is 47.5 Å². The Morgan fingerprint density at radius 1 is 1.22 bits per heavy atom. The van der Waals surface area contributed by atoms with Gasteiger partial charge in [-0.25, -0.2) is 4.39 Å². The van der Waals surface area contributed by atoms with Crippen molar-refractivity contribution >= 4 is 11.7 Å². The van der Waals surface area contributed by atoms with Crippen molar-refractivity contribution in [3.8, 4) is 0 Å². The van der Waals surface area contributed by atoms with Gasteiger partial charge in [-0.1, -0.05) is 12.1 Å². The van der Waals surface area contributed by atoms with E-state index < -0.39 is 0 Å². The second-order valence-corrected chi connectivity index (χ2v) is 7.80. The number of carbonyl (C=O) groups is 2. The molecular weight excluding hydrogens is 343 g/mol. The molecule has 2 aliphatic rings. The van der Waals surface area contributed by atoms with Gasteiger partial charge in [-0.05, 0) is 61.8 Å². The largest absolute Gasteiger partial charge is 0.356 e. The lowest BCUT2D eigenvalue weighted by molar-refractivity contribution is -0.120. The SMILES string of the molecule is Cc1c(CC(=O)NCC2CC2)c2c(n1Cc1ccc(F)cc1)CCCC2=O. The number of ketones is 1. The van der Waals surface area contributed by atoms with Crippen molar-refractivity contribution < 1.29 is 14.0 Å². The zero-order valence-corrected chi connectivity index (χ0v) is 15.7. The Bertz CT molecular complexity index is 879. The normalized spacial score (nSPS) is 16.3. The highest BCUT2D eigenvalue weighted by molar-refractivity contribution is 6.01. The predicted molar refractivity (Wildman–Crippen MR) is 101 cm³/mol. The van der Waals surface area contributed by atoms with Gasteiger partial charge in [0.15, 0.2) is 5.78 Å². The summed E-state index contributed by atoms with van der Waals surface area (Å²) in [6.45, 7) is 3.31. The molecule has 0 unspecified atom stereocenters. The Kier molecular flexibility index (Phi) is 4.85. The molecule has 1 heterocycles. The highest BCUT2D eigenvalue weighted by atomic mass is 19.1. The van der Waals surface area contributed by atoms with Crippen LogP contribution in [0.25, 0.3) is 0 Å². The fourth-order valence-corrected chi connectivity index (χ4v) is 3.99. The van der Waals surface area contributed by atoms with Crippen LogP contribution in [0.2, 0.25) is 0 Å². The van der Waals surface area contributed by atoms with Gasteiger partial charge < -0.3 is 9.88 Å². The quantitative estimate of drug-likeness (QED) is 0.847. The topological polar surface area (TPSA) is 51.1 Å². The Balaban J connectivity index is 1.63. The van der Waals surface area contributed by atoms with Gasteiger partial charge in [-0.2, -0.15) is 0 Å². The van der Waals surface area contributed by atoms with Gasteiger partial charge in [-0.15, -0.1) is 0 Å². The number of halogens is 1. The average molecular weight is 368 g/mol. The van der Waals surface area contributed by atoms with Gasteiger partial charge in [0, 0.05) is 36.5 Å². The standard InChI is InChI=1S/C22H25FN2O2/c1-14-18(11-21(27)24-12-15-5-6-15)22-19(3-2-4-20(22)26)25(14)13-16-7-9-17(23)10-8-16/h7-10,15H,2-6,11-13H2,1H3,(H,24,27). The number of hydrogen-bond acceptors (Lipinski definition) is 2. The van der Waals surface area contributed by atoms with E-state index in [4.69, 9.17) is 0 Å². The van der Waals surface area contributed by atoms with Crippen molar-refractivity contribution in [3.05, 3.63) is 58.2 Å². The van der Waals surface area contributed by atoms with Crippen LogP contribution in [0, 0.1) is 18.7 Å². The molecule has 5 heteroatoms. The molecule has 0 aliphatic heterocycles. The molecule has 0 bridgehead atoms. The summed E-state index contributed by atoms with van der Waals surface area (Å²) in [7, 11) is 0. The molecule has 1 saturated carbocycles. The number of nitrogens with one attached hydrogen (secondary N) is 1. The highest BCUT2D eigenvalue weighted by Gasteiger charge is 2.29. The van der Waals surface area contributed by atoms with Crippen LogP contribution >= 0.6 is 0 Å².